The fourth-order valence-corrected chi connectivity index (χ4v) is 3.44. The van der Waals surface area contributed by atoms with Crippen molar-refractivity contribution in [3.8, 4) is 0 Å². The second-order valence-corrected chi connectivity index (χ2v) is 6.57. The molecule has 0 spiro atoms. The van der Waals surface area contributed by atoms with Gasteiger partial charge in [-0.15, -0.1) is 11.3 Å². The lowest BCUT2D eigenvalue weighted by Crippen LogP contribution is -2.24. The Morgan fingerprint density at radius 2 is 1.96 bits per heavy atom. The summed E-state index contributed by atoms with van der Waals surface area (Å²) < 4.78 is 1.11. The molecule has 0 fully saturated rings. The Bertz CT molecular complexity index is 839. The summed E-state index contributed by atoms with van der Waals surface area (Å²) in [5.41, 5.74) is 1.85. The van der Waals surface area contributed by atoms with Crippen molar-refractivity contribution >= 4 is 45.1 Å². The average Bonchev–Trinajstić information content (AvgIpc) is 2.96. The first-order chi connectivity index (χ1) is 11.1. The molecule has 3 rings (SSSR count). The van der Waals surface area contributed by atoms with Gasteiger partial charge < -0.3 is 5.32 Å². The number of benzene rings is 2. The molecule has 23 heavy (non-hydrogen) atoms. The highest BCUT2D eigenvalue weighted by Gasteiger charge is 2.10. The van der Waals surface area contributed by atoms with Gasteiger partial charge in [-0.25, -0.2) is 4.98 Å². The monoisotopic (exact) mass is 342 g/mol. The molecule has 1 N–H and O–H groups in total. The first-order valence-corrected chi connectivity index (χ1v) is 8.41. The highest BCUT2D eigenvalue weighted by molar-refractivity contribution is 7.19. The van der Waals surface area contributed by atoms with Gasteiger partial charge in [0.05, 0.1) is 16.3 Å². The third kappa shape index (κ3) is 3.78. The largest absolute Gasteiger partial charge is 0.346 e. The summed E-state index contributed by atoms with van der Waals surface area (Å²) in [6, 6.07) is 15.2. The van der Waals surface area contributed by atoms with Crippen LogP contribution in [0.2, 0.25) is 5.02 Å². The fraction of sp³-hybridized carbons (Fsp3) is 0.111. The highest BCUT2D eigenvalue weighted by atomic mass is 35.5. The number of nitrogens with one attached hydrogen (secondary N) is 1. The Kier molecular flexibility index (Phi) is 4.74. The van der Waals surface area contributed by atoms with Gasteiger partial charge in [-0.05, 0) is 36.8 Å². The second-order valence-electron chi connectivity index (χ2n) is 5.10. The predicted octanol–water partition coefficient (Wildman–Crippen LogP) is 4.84. The van der Waals surface area contributed by atoms with E-state index in [9.17, 15) is 4.79 Å². The van der Waals surface area contributed by atoms with Crippen LogP contribution in [0.3, 0.4) is 0 Å². The first-order valence-electron chi connectivity index (χ1n) is 7.22. The molecule has 0 aliphatic heterocycles. The number of rotatable bonds is 4. The van der Waals surface area contributed by atoms with Crippen LogP contribution in [0.15, 0.2) is 54.6 Å². The molecular formula is C18H15ClN2OS. The lowest BCUT2D eigenvalue weighted by Gasteiger charge is -2.14. The van der Waals surface area contributed by atoms with E-state index in [1.807, 2.05) is 55.5 Å². The van der Waals surface area contributed by atoms with Gasteiger partial charge in [0.1, 0.15) is 5.01 Å². The normalized spacial score (nSPS) is 12.6. The number of para-hydroxylation sites is 1. The molecule has 0 saturated carbocycles. The molecule has 3 nitrogen and oxygen atoms in total. The molecule has 1 aromatic heterocycles. The van der Waals surface area contributed by atoms with Gasteiger partial charge >= 0.3 is 0 Å². The van der Waals surface area contributed by atoms with Crippen molar-refractivity contribution in [2.45, 2.75) is 13.0 Å². The number of halogens is 1. The van der Waals surface area contributed by atoms with Crippen LogP contribution in [0.25, 0.3) is 16.3 Å². The summed E-state index contributed by atoms with van der Waals surface area (Å²) in [5.74, 6) is -0.170. The molecule has 0 saturated heterocycles. The van der Waals surface area contributed by atoms with Crippen molar-refractivity contribution in [3.05, 3.63) is 70.2 Å². The standard InChI is InChI=1S/C18H15ClN2OS/c1-12(13-6-2-3-7-14(13)19)20-17(22)10-11-18-21-15-8-4-5-9-16(15)23-18/h2-12H,1H3,(H,20,22)/b11-10+. The van der Waals surface area contributed by atoms with Crippen LogP contribution in [0.4, 0.5) is 0 Å². The summed E-state index contributed by atoms with van der Waals surface area (Å²) in [6.45, 7) is 1.91. The molecule has 0 radical (unpaired) electrons. The van der Waals surface area contributed by atoms with E-state index in [0.717, 1.165) is 20.8 Å². The maximum absolute atomic E-state index is 12.1. The SMILES string of the molecule is CC(NC(=O)/C=C/c1nc2ccccc2s1)c1ccccc1Cl. The van der Waals surface area contributed by atoms with E-state index in [2.05, 4.69) is 10.3 Å². The first kappa shape index (κ1) is 15.7. The van der Waals surface area contributed by atoms with Crippen molar-refractivity contribution in [2.75, 3.05) is 0 Å². The van der Waals surface area contributed by atoms with Gasteiger partial charge in [0.2, 0.25) is 5.91 Å². The zero-order chi connectivity index (χ0) is 16.2. The summed E-state index contributed by atoms with van der Waals surface area (Å²) >= 11 is 7.70. The highest BCUT2D eigenvalue weighted by Crippen LogP contribution is 2.23. The van der Waals surface area contributed by atoms with E-state index < -0.39 is 0 Å². The quantitative estimate of drug-likeness (QED) is 0.689. The van der Waals surface area contributed by atoms with E-state index in [4.69, 9.17) is 11.6 Å². The van der Waals surface area contributed by atoms with Crippen molar-refractivity contribution in [1.82, 2.24) is 10.3 Å². The average molecular weight is 343 g/mol. The number of hydrogen-bond donors (Lipinski definition) is 1. The zero-order valence-corrected chi connectivity index (χ0v) is 14.1. The fourth-order valence-electron chi connectivity index (χ4n) is 2.27. The molecule has 1 heterocycles. The van der Waals surface area contributed by atoms with Crippen molar-refractivity contribution < 1.29 is 4.79 Å². The molecule has 0 aliphatic carbocycles. The molecule has 0 bridgehead atoms. The van der Waals surface area contributed by atoms with Gasteiger partial charge in [0.15, 0.2) is 0 Å². The van der Waals surface area contributed by atoms with Crippen LogP contribution in [-0.4, -0.2) is 10.9 Å². The maximum atomic E-state index is 12.1. The zero-order valence-electron chi connectivity index (χ0n) is 12.5. The number of carbonyl (C=O) groups is 1. The van der Waals surface area contributed by atoms with E-state index in [1.54, 1.807) is 17.4 Å². The van der Waals surface area contributed by atoms with Gasteiger partial charge in [-0.3, -0.25) is 4.79 Å². The van der Waals surface area contributed by atoms with Crippen LogP contribution in [0.1, 0.15) is 23.5 Å². The molecule has 116 valence electrons. The maximum Gasteiger partial charge on any atom is 0.244 e. The predicted molar refractivity (Wildman–Crippen MR) is 96.7 cm³/mol. The van der Waals surface area contributed by atoms with Gasteiger partial charge in [0.25, 0.3) is 0 Å². The third-order valence-electron chi connectivity index (χ3n) is 3.42. The van der Waals surface area contributed by atoms with Crippen LogP contribution < -0.4 is 5.32 Å². The summed E-state index contributed by atoms with van der Waals surface area (Å²) in [4.78, 5) is 16.5. The molecule has 3 aromatic rings. The minimum absolute atomic E-state index is 0.156. The number of carbonyl (C=O) groups excluding carboxylic acids is 1. The second kappa shape index (κ2) is 6.94. The number of thiazole rings is 1. The molecule has 1 amide bonds. The van der Waals surface area contributed by atoms with E-state index in [-0.39, 0.29) is 11.9 Å². The Balaban J connectivity index is 1.68. The Morgan fingerprint density at radius 1 is 1.22 bits per heavy atom. The summed E-state index contributed by atoms with van der Waals surface area (Å²) in [7, 11) is 0. The summed E-state index contributed by atoms with van der Waals surface area (Å²) in [6.07, 6.45) is 3.24. The van der Waals surface area contributed by atoms with Crippen molar-refractivity contribution in [1.29, 1.82) is 0 Å². The smallest absolute Gasteiger partial charge is 0.244 e. The van der Waals surface area contributed by atoms with E-state index in [1.165, 1.54) is 6.08 Å². The minimum atomic E-state index is -0.170. The number of fused-ring (bicyclic) bond motifs is 1. The summed E-state index contributed by atoms with van der Waals surface area (Å²) in [5, 5.41) is 4.37. The van der Waals surface area contributed by atoms with Gasteiger partial charge in [-0.1, -0.05) is 41.9 Å². The van der Waals surface area contributed by atoms with Gasteiger partial charge in [-0.2, -0.15) is 0 Å². The molecule has 1 atom stereocenters. The van der Waals surface area contributed by atoms with E-state index >= 15 is 0 Å². The third-order valence-corrected chi connectivity index (χ3v) is 4.76. The lowest BCUT2D eigenvalue weighted by atomic mass is 10.1. The van der Waals surface area contributed by atoms with Gasteiger partial charge in [0, 0.05) is 11.1 Å². The molecular weight excluding hydrogens is 328 g/mol. The number of hydrogen-bond acceptors (Lipinski definition) is 3. The number of aromatic nitrogens is 1. The Morgan fingerprint density at radius 3 is 2.74 bits per heavy atom. The van der Waals surface area contributed by atoms with Crippen molar-refractivity contribution in [3.63, 3.8) is 0 Å². The molecule has 1 unspecified atom stereocenters. The lowest BCUT2D eigenvalue weighted by molar-refractivity contribution is -0.117. The molecule has 5 heteroatoms. The van der Waals surface area contributed by atoms with Crippen LogP contribution in [0, 0.1) is 0 Å². The van der Waals surface area contributed by atoms with Crippen LogP contribution >= 0.6 is 22.9 Å². The van der Waals surface area contributed by atoms with Crippen LogP contribution in [0.5, 0.6) is 0 Å². The Hall–Kier alpha value is -2.17. The minimum Gasteiger partial charge on any atom is -0.346 e. The van der Waals surface area contributed by atoms with Crippen LogP contribution in [-0.2, 0) is 4.79 Å². The topological polar surface area (TPSA) is 42.0 Å². The molecule has 0 aliphatic rings. The Labute approximate surface area is 143 Å². The number of nitrogens with zero attached hydrogens (tertiary/aromatic N) is 1. The number of amides is 1. The van der Waals surface area contributed by atoms with E-state index in [0.29, 0.717) is 5.02 Å². The molecule has 2 aromatic carbocycles. The van der Waals surface area contributed by atoms with Crippen molar-refractivity contribution in [2.24, 2.45) is 0 Å².